The number of likely N-dealkylation sites (N-methyl/N-ethyl adjacent to an activating group) is 1. The molecular formula is C30H51N3O6. The molecule has 0 spiro atoms. The van der Waals surface area contributed by atoms with E-state index in [2.05, 4.69) is 24.5 Å². The van der Waals surface area contributed by atoms with Gasteiger partial charge in [0, 0.05) is 7.05 Å². The molecule has 9 heteroatoms. The summed E-state index contributed by atoms with van der Waals surface area (Å²) >= 11 is 0. The summed E-state index contributed by atoms with van der Waals surface area (Å²) in [6.07, 6.45) is 1.58. The van der Waals surface area contributed by atoms with Crippen molar-refractivity contribution in [1.82, 2.24) is 15.5 Å². The molecule has 222 valence electrons. The third-order valence-corrected chi connectivity index (χ3v) is 5.46. The van der Waals surface area contributed by atoms with Crippen molar-refractivity contribution in [3.63, 3.8) is 0 Å². The SMILES string of the molecule is CCC.CCC(C)C(NC(=O)OC(C)(C)C)C(=O)N(C)CC(=O)NC(CC(C)C)C(=O)OCc1ccccc1. The van der Waals surface area contributed by atoms with E-state index in [9.17, 15) is 19.2 Å². The Labute approximate surface area is 235 Å². The molecule has 0 aliphatic rings. The minimum absolute atomic E-state index is 0.107. The van der Waals surface area contributed by atoms with E-state index in [0.29, 0.717) is 12.8 Å². The van der Waals surface area contributed by atoms with Crippen molar-refractivity contribution < 1.29 is 28.7 Å². The highest BCUT2D eigenvalue weighted by Gasteiger charge is 2.32. The second-order valence-electron chi connectivity index (χ2n) is 11.3. The van der Waals surface area contributed by atoms with E-state index in [0.717, 1.165) is 5.56 Å². The smallest absolute Gasteiger partial charge is 0.408 e. The lowest BCUT2D eigenvalue weighted by atomic mass is 9.98. The molecule has 0 saturated carbocycles. The molecule has 0 saturated heterocycles. The first-order chi connectivity index (χ1) is 18.1. The van der Waals surface area contributed by atoms with Crippen LogP contribution in [-0.4, -0.2) is 60.1 Å². The minimum Gasteiger partial charge on any atom is -0.459 e. The molecule has 1 rings (SSSR count). The molecule has 0 radical (unpaired) electrons. The molecule has 3 unspecified atom stereocenters. The van der Waals surface area contributed by atoms with E-state index < -0.39 is 41.6 Å². The number of benzene rings is 1. The average molecular weight is 550 g/mol. The molecule has 39 heavy (non-hydrogen) atoms. The van der Waals surface area contributed by atoms with Crippen molar-refractivity contribution in [2.24, 2.45) is 11.8 Å². The molecule has 3 atom stereocenters. The average Bonchev–Trinajstić information content (AvgIpc) is 2.84. The molecule has 0 aliphatic heterocycles. The summed E-state index contributed by atoms with van der Waals surface area (Å²) in [7, 11) is 1.49. The third kappa shape index (κ3) is 15.8. The number of amides is 3. The molecule has 0 bridgehead atoms. The van der Waals surface area contributed by atoms with Gasteiger partial charge in [0.2, 0.25) is 11.8 Å². The highest BCUT2D eigenvalue weighted by Crippen LogP contribution is 2.14. The lowest BCUT2D eigenvalue weighted by Crippen LogP contribution is -2.54. The number of esters is 1. The lowest BCUT2D eigenvalue weighted by Gasteiger charge is -2.29. The van der Waals surface area contributed by atoms with Crippen LogP contribution in [0.1, 0.15) is 87.1 Å². The van der Waals surface area contributed by atoms with Crippen LogP contribution in [0.3, 0.4) is 0 Å². The molecule has 1 aromatic carbocycles. The first kappa shape index (κ1) is 35.9. The number of hydrogen-bond acceptors (Lipinski definition) is 6. The van der Waals surface area contributed by atoms with Crippen LogP contribution in [0.15, 0.2) is 30.3 Å². The van der Waals surface area contributed by atoms with Crippen molar-refractivity contribution in [3.8, 4) is 0 Å². The number of nitrogens with zero attached hydrogens (tertiary/aromatic N) is 1. The van der Waals surface area contributed by atoms with Crippen LogP contribution in [0.25, 0.3) is 0 Å². The van der Waals surface area contributed by atoms with Gasteiger partial charge in [-0.25, -0.2) is 9.59 Å². The van der Waals surface area contributed by atoms with Crippen LogP contribution < -0.4 is 10.6 Å². The van der Waals surface area contributed by atoms with Gasteiger partial charge in [-0.05, 0) is 44.6 Å². The molecule has 3 amide bonds. The van der Waals surface area contributed by atoms with E-state index in [1.54, 1.807) is 20.8 Å². The van der Waals surface area contributed by atoms with Gasteiger partial charge in [0.05, 0.1) is 6.54 Å². The van der Waals surface area contributed by atoms with Crippen LogP contribution in [0.5, 0.6) is 0 Å². The van der Waals surface area contributed by atoms with Crippen LogP contribution in [0.2, 0.25) is 0 Å². The topological polar surface area (TPSA) is 114 Å². The minimum atomic E-state index is -0.857. The van der Waals surface area contributed by atoms with E-state index in [1.807, 2.05) is 58.0 Å². The van der Waals surface area contributed by atoms with Crippen molar-refractivity contribution in [2.75, 3.05) is 13.6 Å². The molecule has 0 heterocycles. The van der Waals surface area contributed by atoms with Gasteiger partial charge >= 0.3 is 12.1 Å². The Hall–Kier alpha value is -3.10. The standard InChI is InChI=1S/C27H43N3O6.C3H8/c1-9-19(4)23(29-26(34)36-27(5,6)7)24(32)30(8)16-22(31)28-21(15-18(2)3)25(33)35-17-20-13-11-10-12-14-20;1-3-2/h10-14,18-19,21,23H,9,15-17H2,1-8H3,(H,28,31)(H,29,34);3H2,1-2H3. The van der Waals surface area contributed by atoms with Crippen molar-refractivity contribution in [2.45, 2.75) is 106 Å². The number of nitrogens with one attached hydrogen (secondary N) is 2. The van der Waals surface area contributed by atoms with Crippen LogP contribution in [-0.2, 0) is 30.5 Å². The van der Waals surface area contributed by atoms with Crippen molar-refractivity contribution in [3.05, 3.63) is 35.9 Å². The number of rotatable bonds is 12. The van der Waals surface area contributed by atoms with Gasteiger partial charge in [-0.15, -0.1) is 0 Å². The summed E-state index contributed by atoms with van der Waals surface area (Å²) in [5.41, 5.74) is 0.138. The lowest BCUT2D eigenvalue weighted by molar-refractivity contribution is -0.150. The van der Waals surface area contributed by atoms with Gasteiger partial charge in [0.25, 0.3) is 0 Å². The van der Waals surface area contributed by atoms with Crippen molar-refractivity contribution in [1.29, 1.82) is 0 Å². The van der Waals surface area contributed by atoms with Crippen LogP contribution in [0, 0.1) is 11.8 Å². The Morgan fingerprint density at radius 3 is 2.00 bits per heavy atom. The summed E-state index contributed by atoms with van der Waals surface area (Å²) in [6.45, 7) is 16.9. The van der Waals surface area contributed by atoms with E-state index in [4.69, 9.17) is 9.47 Å². The van der Waals surface area contributed by atoms with E-state index in [-0.39, 0.29) is 25.0 Å². The zero-order valence-electron chi connectivity index (χ0n) is 25.6. The first-order valence-corrected chi connectivity index (χ1v) is 13.9. The number of ether oxygens (including phenoxy) is 2. The highest BCUT2D eigenvalue weighted by atomic mass is 16.6. The van der Waals surface area contributed by atoms with Crippen LogP contribution in [0.4, 0.5) is 4.79 Å². The number of carbonyl (C=O) groups excluding carboxylic acids is 4. The number of hydrogen-bond donors (Lipinski definition) is 2. The summed E-state index contributed by atoms with van der Waals surface area (Å²) in [4.78, 5) is 52.1. The van der Waals surface area contributed by atoms with Crippen LogP contribution >= 0.6 is 0 Å². The quantitative estimate of drug-likeness (QED) is 0.352. The maximum Gasteiger partial charge on any atom is 0.408 e. The zero-order chi connectivity index (χ0) is 30.2. The number of alkyl carbamates (subject to hydrolysis) is 1. The largest absolute Gasteiger partial charge is 0.459 e. The monoisotopic (exact) mass is 549 g/mol. The number of carbonyl (C=O) groups is 4. The maximum atomic E-state index is 13.1. The molecule has 0 aromatic heterocycles. The normalized spacial score (nSPS) is 13.2. The fourth-order valence-corrected chi connectivity index (χ4v) is 3.40. The predicted octanol–water partition coefficient (Wildman–Crippen LogP) is 5.07. The van der Waals surface area contributed by atoms with Gasteiger partial charge in [0.15, 0.2) is 0 Å². The summed E-state index contributed by atoms with van der Waals surface area (Å²) in [5.74, 6) is -1.49. The van der Waals surface area contributed by atoms with Gasteiger partial charge in [-0.1, -0.05) is 84.7 Å². The first-order valence-electron chi connectivity index (χ1n) is 13.9. The molecule has 0 fully saturated rings. The summed E-state index contributed by atoms with van der Waals surface area (Å²) < 4.78 is 10.7. The molecule has 2 N–H and O–H groups in total. The second-order valence-corrected chi connectivity index (χ2v) is 11.3. The second kappa shape index (κ2) is 18.2. The predicted molar refractivity (Wildman–Crippen MR) is 154 cm³/mol. The Morgan fingerprint density at radius 2 is 1.51 bits per heavy atom. The van der Waals surface area contributed by atoms with Gasteiger partial charge in [-0.3, -0.25) is 9.59 Å². The Bertz CT molecular complexity index is 882. The van der Waals surface area contributed by atoms with Gasteiger partial charge in [0.1, 0.15) is 24.3 Å². The summed E-state index contributed by atoms with van der Waals surface area (Å²) in [5, 5.41) is 5.34. The summed E-state index contributed by atoms with van der Waals surface area (Å²) in [6, 6.07) is 7.59. The van der Waals surface area contributed by atoms with E-state index >= 15 is 0 Å². The fraction of sp³-hybridized carbons (Fsp3) is 0.667. The Kier molecular flexibility index (Phi) is 16.8. The van der Waals surface area contributed by atoms with E-state index in [1.165, 1.54) is 18.4 Å². The highest BCUT2D eigenvalue weighted by molar-refractivity contribution is 5.91. The molecule has 0 aliphatic carbocycles. The molecular weight excluding hydrogens is 498 g/mol. The van der Waals surface area contributed by atoms with Gasteiger partial charge < -0.3 is 25.0 Å². The fourth-order valence-electron chi connectivity index (χ4n) is 3.40. The van der Waals surface area contributed by atoms with Gasteiger partial charge in [-0.2, -0.15) is 0 Å². The maximum absolute atomic E-state index is 13.1. The molecule has 9 nitrogen and oxygen atoms in total. The van der Waals surface area contributed by atoms with Crippen molar-refractivity contribution >= 4 is 23.9 Å². The third-order valence-electron chi connectivity index (χ3n) is 5.46. The molecule has 1 aromatic rings. The zero-order valence-corrected chi connectivity index (χ0v) is 25.6. The Balaban J connectivity index is 0.00000458. The Morgan fingerprint density at radius 1 is 0.949 bits per heavy atom.